The Balaban J connectivity index is 4.19. The van der Waals surface area contributed by atoms with E-state index in [0.29, 0.717) is 6.54 Å². The molecule has 0 atom stereocenters. The number of aliphatic carboxylic acids is 1. The van der Waals surface area contributed by atoms with Crippen molar-refractivity contribution in [2.75, 3.05) is 26.4 Å². The Morgan fingerprint density at radius 1 is 1.33 bits per heavy atom. The minimum Gasteiger partial charge on any atom is -0.481 e. The van der Waals surface area contributed by atoms with E-state index in [1.54, 1.807) is 18.8 Å². The standard InChI is InChI=1S/C12H24N2O3S/c1-5-12(6-2,18-4)9-13-11(17)14(3)8-7-10(15)16/h5-9H2,1-4H3,(H,13,17)(H,15,16). The van der Waals surface area contributed by atoms with Gasteiger partial charge in [-0.1, -0.05) is 13.8 Å². The van der Waals surface area contributed by atoms with Crippen LogP contribution >= 0.6 is 11.8 Å². The third-order valence-electron chi connectivity index (χ3n) is 3.29. The van der Waals surface area contributed by atoms with Gasteiger partial charge in [0.15, 0.2) is 0 Å². The number of carboxylic acid groups (broad SMARTS) is 1. The molecule has 0 unspecified atom stereocenters. The predicted molar refractivity (Wildman–Crippen MR) is 75.1 cm³/mol. The van der Waals surface area contributed by atoms with Crippen molar-refractivity contribution in [3.63, 3.8) is 0 Å². The van der Waals surface area contributed by atoms with Gasteiger partial charge < -0.3 is 15.3 Å². The number of carbonyl (C=O) groups excluding carboxylic acids is 1. The maximum atomic E-state index is 11.8. The van der Waals surface area contributed by atoms with Gasteiger partial charge in [0, 0.05) is 24.9 Å². The second kappa shape index (κ2) is 8.24. The van der Waals surface area contributed by atoms with Gasteiger partial charge in [0.1, 0.15) is 0 Å². The molecule has 0 radical (unpaired) electrons. The zero-order valence-corrected chi connectivity index (χ0v) is 12.5. The molecule has 0 bridgehead atoms. The summed E-state index contributed by atoms with van der Waals surface area (Å²) in [6.45, 7) is 5.06. The van der Waals surface area contributed by atoms with Crippen LogP contribution in [0, 0.1) is 0 Å². The Labute approximate surface area is 113 Å². The SMILES string of the molecule is CCC(CC)(CNC(=O)N(C)CCC(=O)O)SC. The van der Waals surface area contributed by atoms with E-state index >= 15 is 0 Å². The maximum absolute atomic E-state index is 11.8. The Kier molecular flexibility index (Phi) is 7.82. The topological polar surface area (TPSA) is 69.6 Å². The zero-order chi connectivity index (χ0) is 14.2. The largest absolute Gasteiger partial charge is 0.481 e. The molecule has 0 aliphatic heterocycles. The van der Waals surface area contributed by atoms with E-state index in [0.717, 1.165) is 12.8 Å². The molecule has 18 heavy (non-hydrogen) atoms. The molecule has 106 valence electrons. The van der Waals surface area contributed by atoms with Gasteiger partial charge in [-0.15, -0.1) is 0 Å². The fraction of sp³-hybridized carbons (Fsp3) is 0.833. The molecule has 2 N–H and O–H groups in total. The summed E-state index contributed by atoms with van der Waals surface area (Å²) >= 11 is 1.76. The molecule has 0 aromatic rings. The Morgan fingerprint density at radius 3 is 2.28 bits per heavy atom. The molecule has 2 amide bonds. The van der Waals surface area contributed by atoms with E-state index in [-0.39, 0.29) is 23.7 Å². The Bertz CT molecular complexity index is 272. The number of rotatable bonds is 8. The van der Waals surface area contributed by atoms with Crippen molar-refractivity contribution in [3.05, 3.63) is 0 Å². The Morgan fingerprint density at radius 2 is 1.89 bits per heavy atom. The summed E-state index contributed by atoms with van der Waals surface area (Å²) in [6, 6.07) is -0.212. The number of thioether (sulfide) groups is 1. The minimum absolute atomic E-state index is 0.0286. The first kappa shape index (κ1) is 17.1. The number of carboxylic acids is 1. The monoisotopic (exact) mass is 276 g/mol. The molecule has 6 heteroatoms. The summed E-state index contributed by atoms with van der Waals surface area (Å²) in [5, 5.41) is 11.4. The second-order valence-corrected chi connectivity index (χ2v) is 5.59. The highest BCUT2D eigenvalue weighted by Crippen LogP contribution is 2.29. The van der Waals surface area contributed by atoms with Crippen molar-refractivity contribution in [2.45, 2.75) is 37.9 Å². The van der Waals surface area contributed by atoms with E-state index in [4.69, 9.17) is 5.11 Å². The van der Waals surface area contributed by atoms with Gasteiger partial charge in [-0.2, -0.15) is 11.8 Å². The van der Waals surface area contributed by atoms with Gasteiger partial charge >= 0.3 is 12.0 Å². The van der Waals surface area contributed by atoms with E-state index in [9.17, 15) is 9.59 Å². The van der Waals surface area contributed by atoms with Gasteiger partial charge in [0.05, 0.1) is 6.42 Å². The van der Waals surface area contributed by atoms with Crippen LogP contribution in [0.4, 0.5) is 4.79 Å². The molecule has 0 aliphatic carbocycles. The van der Waals surface area contributed by atoms with Crippen molar-refractivity contribution < 1.29 is 14.7 Å². The molecular weight excluding hydrogens is 252 g/mol. The van der Waals surface area contributed by atoms with Gasteiger partial charge in [0.2, 0.25) is 0 Å². The van der Waals surface area contributed by atoms with Gasteiger partial charge in [-0.05, 0) is 19.1 Å². The summed E-state index contributed by atoms with van der Waals surface area (Å²) < 4.78 is 0.0727. The van der Waals surface area contributed by atoms with Crippen molar-refractivity contribution >= 4 is 23.8 Å². The van der Waals surface area contributed by atoms with Gasteiger partial charge in [0.25, 0.3) is 0 Å². The molecule has 0 heterocycles. The van der Waals surface area contributed by atoms with Crippen LogP contribution in [0.1, 0.15) is 33.1 Å². The van der Waals surface area contributed by atoms with Crippen LogP contribution in [-0.4, -0.2) is 53.1 Å². The molecule has 0 saturated heterocycles. The smallest absolute Gasteiger partial charge is 0.317 e. The van der Waals surface area contributed by atoms with Crippen LogP contribution in [0.3, 0.4) is 0 Å². The summed E-state index contributed by atoms with van der Waals surface area (Å²) in [4.78, 5) is 23.6. The van der Waals surface area contributed by atoms with E-state index < -0.39 is 5.97 Å². The van der Waals surface area contributed by atoms with E-state index in [2.05, 4.69) is 19.2 Å². The van der Waals surface area contributed by atoms with Crippen LogP contribution < -0.4 is 5.32 Å². The predicted octanol–water partition coefficient (Wildman–Crippen LogP) is 2.02. The lowest BCUT2D eigenvalue weighted by atomic mass is 10.0. The van der Waals surface area contributed by atoms with Crippen LogP contribution in [0.2, 0.25) is 0 Å². The normalized spacial score (nSPS) is 11.1. The zero-order valence-electron chi connectivity index (χ0n) is 11.7. The van der Waals surface area contributed by atoms with Gasteiger partial charge in [-0.25, -0.2) is 4.79 Å². The first-order valence-electron chi connectivity index (χ1n) is 6.16. The number of amides is 2. The van der Waals surface area contributed by atoms with Crippen molar-refractivity contribution in [3.8, 4) is 0 Å². The third-order valence-corrected chi connectivity index (χ3v) is 4.88. The summed E-state index contributed by atoms with van der Waals surface area (Å²) in [5.74, 6) is -0.893. The number of hydrogen-bond acceptors (Lipinski definition) is 3. The fourth-order valence-corrected chi connectivity index (χ4v) is 2.39. The van der Waals surface area contributed by atoms with Gasteiger partial charge in [-0.3, -0.25) is 4.79 Å². The molecule has 0 aliphatic rings. The summed E-state index contributed by atoms with van der Waals surface area (Å²) in [5.41, 5.74) is 0. The lowest BCUT2D eigenvalue weighted by molar-refractivity contribution is -0.137. The van der Waals surface area contributed by atoms with Crippen molar-refractivity contribution in [2.24, 2.45) is 0 Å². The van der Waals surface area contributed by atoms with Crippen LogP contribution in [-0.2, 0) is 4.79 Å². The first-order valence-corrected chi connectivity index (χ1v) is 7.39. The summed E-state index contributed by atoms with van der Waals surface area (Å²) in [7, 11) is 1.61. The molecule has 0 aromatic heterocycles. The average Bonchev–Trinajstić information content (AvgIpc) is 2.37. The lowest BCUT2D eigenvalue weighted by Gasteiger charge is -2.30. The summed E-state index contributed by atoms with van der Waals surface area (Å²) in [6.07, 6.45) is 4.00. The number of nitrogens with zero attached hydrogens (tertiary/aromatic N) is 1. The lowest BCUT2D eigenvalue weighted by Crippen LogP contribution is -2.45. The highest BCUT2D eigenvalue weighted by atomic mass is 32.2. The first-order chi connectivity index (χ1) is 8.40. The average molecular weight is 276 g/mol. The molecule has 0 fully saturated rings. The second-order valence-electron chi connectivity index (χ2n) is 4.32. The number of hydrogen-bond donors (Lipinski definition) is 2. The van der Waals surface area contributed by atoms with Crippen molar-refractivity contribution in [1.29, 1.82) is 0 Å². The molecule has 0 spiro atoms. The molecular formula is C12H24N2O3S. The highest BCUT2D eigenvalue weighted by molar-refractivity contribution is 8.00. The van der Waals surface area contributed by atoms with Crippen LogP contribution in [0.25, 0.3) is 0 Å². The fourth-order valence-electron chi connectivity index (χ4n) is 1.60. The van der Waals surface area contributed by atoms with E-state index in [1.807, 2.05) is 6.26 Å². The highest BCUT2D eigenvalue weighted by Gasteiger charge is 2.25. The quantitative estimate of drug-likeness (QED) is 0.711. The number of carbonyl (C=O) groups is 2. The number of urea groups is 1. The van der Waals surface area contributed by atoms with Crippen LogP contribution in [0.15, 0.2) is 0 Å². The van der Waals surface area contributed by atoms with E-state index in [1.165, 1.54) is 4.90 Å². The minimum atomic E-state index is -0.893. The Hall–Kier alpha value is -0.910. The van der Waals surface area contributed by atoms with Crippen molar-refractivity contribution in [1.82, 2.24) is 10.2 Å². The molecule has 0 rings (SSSR count). The number of nitrogens with one attached hydrogen (secondary N) is 1. The molecule has 0 saturated carbocycles. The van der Waals surface area contributed by atoms with Crippen LogP contribution in [0.5, 0.6) is 0 Å². The third kappa shape index (κ3) is 5.62. The molecule has 5 nitrogen and oxygen atoms in total. The molecule has 0 aromatic carbocycles. The maximum Gasteiger partial charge on any atom is 0.317 e.